The van der Waals surface area contributed by atoms with Crippen LogP contribution in [0.3, 0.4) is 0 Å². The molecule has 0 radical (unpaired) electrons. The van der Waals surface area contributed by atoms with E-state index in [0.717, 1.165) is 18.5 Å². The molecule has 218 valence electrons. The molecule has 2 aliphatic rings. The first-order chi connectivity index (χ1) is 17.5. The van der Waals surface area contributed by atoms with Crippen molar-refractivity contribution in [3.8, 4) is 0 Å². The number of aliphatic hydroxyl groups is 1. The second-order valence-electron chi connectivity index (χ2n) is 9.08. The van der Waals surface area contributed by atoms with Crippen molar-refractivity contribution in [2.24, 2.45) is 11.7 Å². The van der Waals surface area contributed by atoms with Crippen LogP contribution in [-0.2, 0) is 15.7 Å². The zero-order chi connectivity index (χ0) is 26.7. The normalized spacial score (nSPS) is 22.0. The number of nitrogens with two attached hydrogens (primary N) is 1. The van der Waals surface area contributed by atoms with E-state index in [1.54, 1.807) is 4.90 Å². The molecule has 2 saturated heterocycles. The zero-order valence-corrected chi connectivity index (χ0v) is 19.7. The molecule has 3 atom stereocenters. The minimum absolute atomic E-state index is 0. The number of ether oxygens (including phenoxy) is 1. The van der Waals surface area contributed by atoms with Crippen LogP contribution >= 0.6 is 0 Å². The number of carbonyl (C=O) groups is 1. The highest BCUT2D eigenvalue weighted by Crippen LogP contribution is 2.36. The Morgan fingerprint density at radius 3 is 2.59 bits per heavy atom. The van der Waals surface area contributed by atoms with E-state index < -0.39 is 41.4 Å². The van der Waals surface area contributed by atoms with Crippen LogP contribution < -0.4 is 16.0 Å². The summed E-state index contributed by atoms with van der Waals surface area (Å²) in [6.07, 6.45) is -3.80. The van der Waals surface area contributed by atoms with Gasteiger partial charge in [-0.3, -0.25) is 9.69 Å². The number of β-amino-alcohol motifs (C(OH)–C–C–N with tert-alkyl or cyclic N) is 1. The Morgan fingerprint density at radius 1 is 1.21 bits per heavy atom. The number of primary amides is 1. The van der Waals surface area contributed by atoms with Gasteiger partial charge in [-0.25, -0.2) is 14.4 Å². The van der Waals surface area contributed by atoms with Gasteiger partial charge in [-0.15, -0.1) is 0 Å². The third-order valence-electron chi connectivity index (χ3n) is 6.58. The van der Waals surface area contributed by atoms with Gasteiger partial charge in [0.2, 0.25) is 11.7 Å². The first kappa shape index (κ1) is 32.1. The van der Waals surface area contributed by atoms with Crippen molar-refractivity contribution < 1.29 is 36.6 Å². The topological polar surface area (TPSA) is 117 Å². The summed E-state index contributed by atoms with van der Waals surface area (Å²) in [5.74, 6) is -2.91. The summed E-state index contributed by atoms with van der Waals surface area (Å²) >= 11 is 0. The van der Waals surface area contributed by atoms with Gasteiger partial charge in [0.15, 0.2) is 11.6 Å². The number of rotatable bonds is 7. The van der Waals surface area contributed by atoms with E-state index in [-0.39, 0.29) is 77.4 Å². The molecule has 1 aromatic carbocycles. The SMILES string of the molecule is C.C.NC(=O)CN1CC[C@@H](CNc2ncnc(N3CCOC[C@@H]3c3ccc(C(F)(F)F)cc3F)c2F)[C@H](O)C1. The smallest absolute Gasteiger partial charge is 0.391 e. The van der Waals surface area contributed by atoms with Gasteiger partial charge < -0.3 is 25.8 Å². The predicted octanol–water partition coefficient (Wildman–Crippen LogP) is 3.20. The fourth-order valence-corrected chi connectivity index (χ4v) is 4.65. The van der Waals surface area contributed by atoms with Gasteiger partial charge in [0.1, 0.15) is 12.1 Å². The molecule has 3 heterocycles. The number of hydrogen-bond acceptors (Lipinski definition) is 8. The maximum absolute atomic E-state index is 15.5. The molecule has 4 rings (SSSR count). The molecule has 0 saturated carbocycles. The molecule has 0 bridgehead atoms. The quantitative estimate of drug-likeness (QED) is 0.441. The van der Waals surface area contributed by atoms with Crippen LogP contribution in [0.1, 0.15) is 38.4 Å². The minimum atomic E-state index is -4.70. The van der Waals surface area contributed by atoms with Crippen LogP contribution in [0.2, 0.25) is 0 Å². The molecule has 0 aliphatic carbocycles. The standard InChI is InChI=1S/C23H27F5N6O3.2CH4/c24-16-7-14(23(26,27)28)1-2-15(16)17-11-37-6-5-34(17)22-20(25)21(31-12-32-22)30-8-13-3-4-33(9-18(13)35)10-19(29)36;;/h1-2,7,12-13,17-18,35H,3-6,8-11H2,(H2,29,36)(H,30,31,32);2*1H4/t13-,17+,18+;;/m0../s1. The molecular weight excluding hydrogens is 527 g/mol. The molecule has 1 aromatic heterocycles. The number of carbonyl (C=O) groups excluding carboxylic acids is 1. The van der Waals surface area contributed by atoms with Crippen molar-refractivity contribution in [2.75, 3.05) is 56.2 Å². The summed E-state index contributed by atoms with van der Waals surface area (Å²) in [6.45, 7) is 1.25. The first-order valence-corrected chi connectivity index (χ1v) is 11.7. The number of benzene rings is 1. The number of likely N-dealkylation sites (tertiary alicyclic amines) is 1. The van der Waals surface area contributed by atoms with E-state index in [9.17, 15) is 27.5 Å². The highest BCUT2D eigenvalue weighted by Gasteiger charge is 2.35. The second kappa shape index (κ2) is 13.3. The molecule has 1 amide bonds. The average molecular weight is 563 g/mol. The van der Waals surface area contributed by atoms with E-state index in [4.69, 9.17) is 10.5 Å². The molecular formula is C25H35F5N6O3. The van der Waals surface area contributed by atoms with E-state index >= 15 is 4.39 Å². The molecule has 39 heavy (non-hydrogen) atoms. The molecule has 0 spiro atoms. The van der Waals surface area contributed by atoms with Gasteiger partial charge >= 0.3 is 6.18 Å². The van der Waals surface area contributed by atoms with E-state index in [1.165, 1.54) is 4.90 Å². The van der Waals surface area contributed by atoms with Crippen molar-refractivity contribution in [3.05, 3.63) is 47.3 Å². The highest BCUT2D eigenvalue weighted by molar-refractivity contribution is 5.75. The lowest BCUT2D eigenvalue weighted by molar-refractivity contribution is -0.137. The number of alkyl halides is 3. The Kier molecular flexibility index (Phi) is 11.0. The Hall–Kier alpha value is -3.10. The molecule has 2 fully saturated rings. The summed E-state index contributed by atoms with van der Waals surface area (Å²) in [4.78, 5) is 22.2. The van der Waals surface area contributed by atoms with E-state index in [1.807, 2.05) is 0 Å². The lowest BCUT2D eigenvalue weighted by Crippen LogP contribution is -2.48. The number of nitrogens with one attached hydrogen (secondary N) is 1. The van der Waals surface area contributed by atoms with Crippen LogP contribution in [0.4, 0.5) is 33.6 Å². The number of morpholine rings is 1. The Balaban J connectivity index is 0.00000267. The molecule has 14 heteroatoms. The fraction of sp³-hybridized carbons (Fsp3) is 0.560. The number of anilines is 2. The van der Waals surface area contributed by atoms with Crippen LogP contribution in [0.5, 0.6) is 0 Å². The van der Waals surface area contributed by atoms with Gasteiger partial charge in [-0.2, -0.15) is 17.6 Å². The van der Waals surface area contributed by atoms with Gasteiger partial charge in [0, 0.05) is 31.1 Å². The Morgan fingerprint density at radius 2 is 1.95 bits per heavy atom. The molecule has 4 N–H and O–H groups in total. The molecule has 9 nitrogen and oxygen atoms in total. The Labute approximate surface area is 224 Å². The molecule has 0 unspecified atom stereocenters. The van der Waals surface area contributed by atoms with E-state index in [0.29, 0.717) is 19.0 Å². The predicted molar refractivity (Wildman–Crippen MR) is 136 cm³/mol. The number of hydrogen-bond donors (Lipinski definition) is 3. The van der Waals surface area contributed by atoms with Gasteiger partial charge in [-0.05, 0) is 25.1 Å². The van der Waals surface area contributed by atoms with Crippen LogP contribution in [0.25, 0.3) is 0 Å². The number of piperidine rings is 1. The maximum atomic E-state index is 15.5. The van der Waals surface area contributed by atoms with Crippen molar-refractivity contribution in [1.29, 1.82) is 0 Å². The van der Waals surface area contributed by atoms with Crippen molar-refractivity contribution in [2.45, 2.75) is 39.6 Å². The summed E-state index contributed by atoms with van der Waals surface area (Å²) in [6, 6.07) is 1.29. The Bertz CT molecular complexity index is 1120. The monoisotopic (exact) mass is 562 g/mol. The molecule has 2 aromatic rings. The first-order valence-electron chi connectivity index (χ1n) is 11.7. The number of nitrogens with zero attached hydrogens (tertiary/aromatic N) is 4. The minimum Gasteiger partial charge on any atom is -0.391 e. The van der Waals surface area contributed by atoms with Gasteiger partial charge in [0.25, 0.3) is 0 Å². The lowest BCUT2D eigenvalue weighted by Gasteiger charge is -2.37. The second-order valence-corrected chi connectivity index (χ2v) is 9.08. The van der Waals surface area contributed by atoms with Gasteiger partial charge in [0.05, 0.1) is 37.5 Å². The average Bonchev–Trinajstić information content (AvgIpc) is 2.83. The van der Waals surface area contributed by atoms with Crippen molar-refractivity contribution in [1.82, 2.24) is 14.9 Å². The maximum Gasteiger partial charge on any atom is 0.416 e. The van der Waals surface area contributed by atoms with Crippen LogP contribution in [0.15, 0.2) is 24.5 Å². The van der Waals surface area contributed by atoms with Crippen LogP contribution in [0, 0.1) is 17.6 Å². The number of amides is 1. The van der Waals surface area contributed by atoms with Crippen molar-refractivity contribution in [3.63, 3.8) is 0 Å². The lowest BCUT2D eigenvalue weighted by atomic mass is 9.93. The van der Waals surface area contributed by atoms with Gasteiger partial charge in [-0.1, -0.05) is 20.9 Å². The number of halogens is 5. The van der Waals surface area contributed by atoms with E-state index in [2.05, 4.69) is 15.3 Å². The van der Waals surface area contributed by atoms with Crippen molar-refractivity contribution >= 4 is 17.5 Å². The number of aromatic nitrogens is 2. The summed E-state index contributed by atoms with van der Waals surface area (Å²) < 4.78 is 74.5. The summed E-state index contributed by atoms with van der Waals surface area (Å²) in [5, 5.41) is 13.3. The highest BCUT2D eigenvalue weighted by atomic mass is 19.4. The number of aliphatic hydroxyl groups excluding tert-OH is 1. The van der Waals surface area contributed by atoms with Crippen LogP contribution in [-0.4, -0.2) is 77.9 Å². The third-order valence-corrected chi connectivity index (χ3v) is 6.58. The zero-order valence-electron chi connectivity index (χ0n) is 19.7. The summed E-state index contributed by atoms with van der Waals surface area (Å²) in [5.41, 5.74) is 4.00. The largest absolute Gasteiger partial charge is 0.416 e. The third kappa shape index (κ3) is 7.51. The molecule has 2 aliphatic heterocycles. The fourth-order valence-electron chi connectivity index (χ4n) is 4.65. The summed E-state index contributed by atoms with van der Waals surface area (Å²) in [7, 11) is 0.